The van der Waals surface area contributed by atoms with Gasteiger partial charge in [0.2, 0.25) is 0 Å². The van der Waals surface area contributed by atoms with Crippen LogP contribution in [0, 0.1) is 5.82 Å². The summed E-state index contributed by atoms with van der Waals surface area (Å²) in [7, 11) is 1.27. The van der Waals surface area contributed by atoms with E-state index in [1.807, 2.05) is 6.92 Å². The lowest BCUT2D eigenvalue weighted by Crippen LogP contribution is -2.45. The number of allylic oxidation sites excluding steroid dienone is 1. The number of hydrogen-bond donors (Lipinski definition) is 4. The van der Waals surface area contributed by atoms with Gasteiger partial charge in [-0.2, -0.15) is 5.10 Å². The lowest BCUT2D eigenvalue weighted by molar-refractivity contribution is -0.136. The molecule has 0 radical (unpaired) electrons. The Bertz CT molecular complexity index is 1630. The highest BCUT2D eigenvalue weighted by Gasteiger charge is 2.32. The highest BCUT2D eigenvalue weighted by atomic mass is 79.9. The molecule has 47 heavy (non-hydrogen) atoms. The average Bonchev–Trinajstić information content (AvgIpc) is 3.04. The van der Waals surface area contributed by atoms with Gasteiger partial charge in [-0.05, 0) is 89.8 Å². The van der Waals surface area contributed by atoms with Gasteiger partial charge in [0.25, 0.3) is 0 Å². The number of hydrogen-bond acceptors (Lipinski definition) is 10. The molecule has 0 unspecified atom stereocenters. The molecule has 0 spiro atoms. The van der Waals surface area contributed by atoms with E-state index in [0.717, 1.165) is 5.56 Å². The first-order valence-electron chi connectivity index (χ1n) is 14.7. The molecular formula is C33H36BrFN4O8. The third-order valence-electron chi connectivity index (χ3n) is 6.74. The highest BCUT2D eigenvalue weighted by Crippen LogP contribution is 2.37. The molecule has 0 saturated carbocycles. The van der Waals surface area contributed by atoms with Gasteiger partial charge in [0, 0.05) is 5.70 Å². The van der Waals surface area contributed by atoms with Crippen LogP contribution in [0.5, 0.6) is 23.0 Å². The van der Waals surface area contributed by atoms with Crippen molar-refractivity contribution >= 4 is 34.1 Å². The third-order valence-corrected chi connectivity index (χ3v) is 7.33. The largest absolute Gasteiger partial charge is 0.490 e. The number of ether oxygens (including phenoxy) is 5. The Kier molecular flexibility index (Phi) is 12.4. The zero-order valence-corrected chi connectivity index (χ0v) is 27.9. The van der Waals surface area contributed by atoms with Gasteiger partial charge >= 0.3 is 12.0 Å². The molecule has 0 bridgehead atoms. The lowest BCUT2D eigenvalue weighted by atomic mass is 9.95. The van der Waals surface area contributed by atoms with Gasteiger partial charge in [-0.15, -0.1) is 0 Å². The lowest BCUT2D eigenvalue weighted by Gasteiger charge is -2.28. The number of carbonyl (C=O) groups excluding carboxylic acids is 2. The summed E-state index contributed by atoms with van der Waals surface area (Å²) in [6, 6.07) is 13.3. The summed E-state index contributed by atoms with van der Waals surface area (Å²) >= 11 is 3.52. The Labute approximate surface area is 280 Å². The van der Waals surface area contributed by atoms with E-state index in [-0.39, 0.29) is 24.6 Å². The second kappa shape index (κ2) is 16.7. The van der Waals surface area contributed by atoms with Crippen molar-refractivity contribution in [1.82, 2.24) is 16.1 Å². The van der Waals surface area contributed by atoms with Crippen molar-refractivity contribution < 1.29 is 42.8 Å². The average molecular weight is 716 g/mol. The summed E-state index contributed by atoms with van der Waals surface area (Å²) in [6.45, 7) is 6.02. The third kappa shape index (κ3) is 9.36. The second-order valence-electron chi connectivity index (χ2n) is 10.1. The number of urea groups is 1. The van der Waals surface area contributed by atoms with Crippen molar-refractivity contribution in [3.8, 4) is 23.0 Å². The maximum absolute atomic E-state index is 13.2. The predicted octanol–water partition coefficient (Wildman–Crippen LogP) is 5.09. The van der Waals surface area contributed by atoms with Crippen LogP contribution < -0.4 is 35.0 Å². The number of halogens is 2. The van der Waals surface area contributed by atoms with Crippen molar-refractivity contribution in [2.45, 2.75) is 39.6 Å². The minimum atomic E-state index is -1.19. The molecule has 2 atom stereocenters. The van der Waals surface area contributed by atoms with Crippen LogP contribution in [0.1, 0.15) is 43.5 Å². The fourth-order valence-electron chi connectivity index (χ4n) is 4.62. The number of benzene rings is 3. The van der Waals surface area contributed by atoms with Gasteiger partial charge < -0.3 is 39.4 Å². The summed E-state index contributed by atoms with van der Waals surface area (Å²) in [5.74, 6) is 0.752. The van der Waals surface area contributed by atoms with Crippen LogP contribution >= 0.6 is 15.9 Å². The number of rotatable bonds is 15. The van der Waals surface area contributed by atoms with E-state index in [1.165, 1.54) is 25.5 Å². The van der Waals surface area contributed by atoms with Gasteiger partial charge in [-0.25, -0.2) is 14.0 Å². The first kappa shape index (κ1) is 35.0. The predicted molar refractivity (Wildman–Crippen MR) is 175 cm³/mol. The maximum atomic E-state index is 13.2. The van der Waals surface area contributed by atoms with Crippen molar-refractivity contribution in [1.29, 1.82) is 0 Å². The van der Waals surface area contributed by atoms with E-state index in [1.54, 1.807) is 56.3 Å². The Hall–Kier alpha value is -4.82. The zero-order valence-electron chi connectivity index (χ0n) is 26.3. The molecule has 0 saturated heterocycles. The van der Waals surface area contributed by atoms with Gasteiger partial charge in [-0.3, -0.25) is 5.43 Å². The van der Waals surface area contributed by atoms with Crippen LogP contribution in [-0.4, -0.2) is 56.5 Å². The smallest absolute Gasteiger partial charge is 0.337 e. The number of amides is 2. The molecule has 4 rings (SSSR count). The fourth-order valence-corrected chi connectivity index (χ4v) is 5.20. The van der Waals surface area contributed by atoms with E-state index in [4.69, 9.17) is 23.7 Å². The van der Waals surface area contributed by atoms with Crippen molar-refractivity contribution in [3.63, 3.8) is 0 Å². The number of esters is 1. The molecule has 1 aliphatic rings. The topological polar surface area (TPSA) is 149 Å². The van der Waals surface area contributed by atoms with Crippen LogP contribution in [0.4, 0.5) is 9.18 Å². The van der Waals surface area contributed by atoms with Crippen LogP contribution in [0.25, 0.3) is 0 Å². The molecule has 0 fully saturated rings. The first-order chi connectivity index (χ1) is 22.6. The van der Waals surface area contributed by atoms with Gasteiger partial charge in [0.1, 0.15) is 19.0 Å². The van der Waals surface area contributed by atoms with E-state index in [2.05, 4.69) is 37.1 Å². The van der Waals surface area contributed by atoms with E-state index >= 15 is 0 Å². The summed E-state index contributed by atoms with van der Waals surface area (Å²) in [5.41, 5.74) is 5.28. The van der Waals surface area contributed by atoms with Gasteiger partial charge in [0.05, 0.1) is 42.6 Å². The minimum absolute atomic E-state index is 0.183. The van der Waals surface area contributed by atoms with Crippen molar-refractivity contribution in [3.05, 3.63) is 92.8 Å². The Morgan fingerprint density at radius 3 is 2.47 bits per heavy atom. The standard InChI is InChI=1S/C33H36BrFN4O8/c1-5-44-26-15-22(30-29(32(41)43-4)19(3)37-33(42)38-30)9-12-25(26)46-18-28(40)39-36-16-21-13-24(34)31(27(14-21)45-6-2)47-17-20-7-10-23(35)11-8-20/h7-16,28,30,39-40H,5-6,17-18H2,1-4H3,(H2,37,38,42)/b36-16-/t28-,30+/m0/s1. The number of methoxy groups -OCH3 is 1. The normalized spacial score (nSPS) is 15.0. The van der Waals surface area contributed by atoms with E-state index < -0.39 is 24.3 Å². The quantitative estimate of drug-likeness (QED) is 0.0732. The van der Waals surface area contributed by atoms with E-state index in [9.17, 15) is 19.1 Å². The fraction of sp³-hybridized carbons (Fsp3) is 0.303. The maximum Gasteiger partial charge on any atom is 0.337 e. The monoisotopic (exact) mass is 714 g/mol. The van der Waals surface area contributed by atoms with Crippen LogP contribution in [-0.2, 0) is 16.1 Å². The molecule has 14 heteroatoms. The highest BCUT2D eigenvalue weighted by molar-refractivity contribution is 9.10. The second-order valence-corrected chi connectivity index (χ2v) is 10.9. The Morgan fingerprint density at radius 1 is 1.04 bits per heavy atom. The number of hydrazone groups is 1. The number of aliphatic hydroxyl groups is 1. The Morgan fingerprint density at radius 2 is 1.77 bits per heavy atom. The zero-order chi connectivity index (χ0) is 33.9. The number of nitrogens with one attached hydrogen (secondary N) is 3. The minimum Gasteiger partial charge on any atom is -0.490 e. The van der Waals surface area contributed by atoms with Crippen LogP contribution in [0.2, 0.25) is 0 Å². The van der Waals surface area contributed by atoms with Crippen LogP contribution in [0.3, 0.4) is 0 Å². The number of aliphatic hydroxyl groups excluding tert-OH is 1. The number of nitrogens with zero attached hydrogens (tertiary/aromatic N) is 1. The SMILES string of the molecule is CCOc1cc([C@H]2NC(=O)NC(C)=C2C(=O)OC)ccc1OC[C@H](O)N/N=C\c1cc(Br)c(OCc2ccc(F)cc2)c(OCC)c1. The molecule has 2 amide bonds. The summed E-state index contributed by atoms with van der Waals surface area (Å²) < 4.78 is 42.1. The molecule has 250 valence electrons. The summed E-state index contributed by atoms with van der Waals surface area (Å²) in [4.78, 5) is 24.6. The molecule has 1 aliphatic heterocycles. The van der Waals surface area contributed by atoms with Crippen molar-refractivity contribution in [2.75, 3.05) is 26.9 Å². The molecule has 0 aromatic heterocycles. The number of carbonyl (C=O) groups is 2. The van der Waals surface area contributed by atoms with Crippen molar-refractivity contribution in [2.24, 2.45) is 5.10 Å². The summed E-state index contributed by atoms with van der Waals surface area (Å²) in [5, 5.41) is 19.9. The van der Waals surface area contributed by atoms with Gasteiger partial charge in [0.15, 0.2) is 29.2 Å². The van der Waals surface area contributed by atoms with Crippen LogP contribution in [0.15, 0.2) is 75.4 Å². The van der Waals surface area contributed by atoms with Gasteiger partial charge in [-0.1, -0.05) is 18.2 Å². The first-order valence-corrected chi connectivity index (χ1v) is 15.5. The summed E-state index contributed by atoms with van der Waals surface area (Å²) in [6.07, 6.45) is 0.316. The van der Waals surface area contributed by atoms with E-state index in [0.29, 0.717) is 57.5 Å². The molecule has 4 N–H and O–H groups in total. The Balaban J connectivity index is 1.40. The molecule has 0 aliphatic carbocycles. The molecule has 3 aromatic rings. The molecule has 1 heterocycles. The molecule has 12 nitrogen and oxygen atoms in total. The molecule has 3 aromatic carbocycles. The molecular weight excluding hydrogens is 679 g/mol.